The summed E-state index contributed by atoms with van der Waals surface area (Å²) >= 11 is 0. The molecule has 0 amide bonds. The topological polar surface area (TPSA) is 9.86 Å². The van der Waals surface area contributed by atoms with Crippen LogP contribution in [0, 0.1) is 13.8 Å². The van der Waals surface area contributed by atoms with Crippen molar-refractivity contribution in [2.45, 2.75) is 33.1 Å². The molecule has 0 radical (unpaired) electrons. The van der Waals surface area contributed by atoms with Crippen molar-refractivity contribution in [3.8, 4) is 44.8 Å². The highest BCUT2D eigenvalue weighted by atomic mass is 15.0. The van der Waals surface area contributed by atoms with Gasteiger partial charge in [-0.15, -0.1) is 0 Å². The van der Waals surface area contributed by atoms with Crippen LogP contribution in [0.25, 0.3) is 93.9 Å². The summed E-state index contributed by atoms with van der Waals surface area (Å²) < 4.78 is 4.93. The molecule has 0 N–H and O–H groups in total. The number of aryl methyl sites for hydroxylation is 2. The number of nitrogens with zero attached hydrogens (tertiary/aromatic N) is 2. The van der Waals surface area contributed by atoms with E-state index in [9.17, 15) is 0 Å². The largest absolute Gasteiger partial charge is 0.309 e. The smallest absolute Gasteiger partial charge is 0.0620 e. The van der Waals surface area contributed by atoms with Crippen LogP contribution in [-0.2, 0) is 0 Å². The van der Waals surface area contributed by atoms with Crippen molar-refractivity contribution in [2.24, 2.45) is 0 Å². The van der Waals surface area contributed by atoms with Gasteiger partial charge in [-0.3, -0.25) is 0 Å². The minimum atomic E-state index is 0.289. The van der Waals surface area contributed by atoms with E-state index in [4.69, 9.17) is 0 Å². The van der Waals surface area contributed by atoms with E-state index in [1.807, 2.05) is 18.2 Å². The van der Waals surface area contributed by atoms with Crippen molar-refractivity contribution < 1.29 is 0 Å². The number of para-hydroxylation sites is 3. The van der Waals surface area contributed by atoms with Crippen LogP contribution in [0.1, 0.15) is 41.5 Å². The second-order valence-electron chi connectivity index (χ2n) is 17.8. The molecule has 1 atom stereocenters. The predicted molar refractivity (Wildman–Crippen MR) is 276 cm³/mol. The highest BCUT2D eigenvalue weighted by Crippen LogP contribution is 2.50. The van der Waals surface area contributed by atoms with E-state index in [2.05, 4.69) is 230 Å². The lowest BCUT2D eigenvalue weighted by atomic mass is 9.80. The number of hydrogen-bond donors (Lipinski definition) is 0. The molecule has 0 saturated heterocycles. The summed E-state index contributed by atoms with van der Waals surface area (Å²) in [6.07, 6.45) is 5.74. The highest BCUT2D eigenvalue weighted by molar-refractivity contribution is 6.18. The first kappa shape index (κ1) is 38.7. The first-order valence-corrected chi connectivity index (χ1v) is 22.9. The number of fused-ring (bicyclic) bond motifs is 11. The molecule has 11 aromatic rings. The molecule has 1 unspecified atom stereocenters. The van der Waals surface area contributed by atoms with Gasteiger partial charge in [-0.05, 0) is 138 Å². The molecule has 0 bridgehead atoms. The lowest BCUT2D eigenvalue weighted by molar-refractivity contribution is 0.858. The standard InChI is InChI=1S/C56H40N2.C7H8/c1-35-14-6-7-17-42(35)47-30-37(25-24-36(47)2)38-26-29-55-48(31-38)43-18-8-9-19-44(43)50-33-40(34-51-46-21-11-13-23-53(46)58(55)56(50)51)39-27-28-54-49(32-39)45-20-10-12-22-52(45)57(54)41-15-4-3-5-16-41;1-7-5-3-2-4-6-7/h3-29,31-34,37H,30H2,1-2H3;2-6H,1H3. The Labute approximate surface area is 380 Å². The molecule has 2 aromatic heterocycles. The van der Waals surface area contributed by atoms with Gasteiger partial charge in [-0.1, -0.05) is 163 Å². The summed E-state index contributed by atoms with van der Waals surface area (Å²) in [5.41, 5.74) is 23.1. The Hall–Kier alpha value is -7.94. The monoisotopic (exact) mass is 832 g/mol. The van der Waals surface area contributed by atoms with Crippen molar-refractivity contribution in [1.82, 2.24) is 9.13 Å². The summed E-state index contributed by atoms with van der Waals surface area (Å²) in [5.74, 6) is 0.289. The zero-order valence-electron chi connectivity index (χ0n) is 37.0. The van der Waals surface area contributed by atoms with Gasteiger partial charge in [-0.2, -0.15) is 0 Å². The number of aromatic nitrogens is 2. The molecule has 0 saturated carbocycles. The predicted octanol–water partition coefficient (Wildman–Crippen LogP) is 17.0. The van der Waals surface area contributed by atoms with E-state index in [0.29, 0.717) is 0 Å². The van der Waals surface area contributed by atoms with Crippen molar-refractivity contribution in [3.63, 3.8) is 0 Å². The van der Waals surface area contributed by atoms with Gasteiger partial charge in [0.2, 0.25) is 0 Å². The third-order valence-corrected chi connectivity index (χ3v) is 13.9. The minimum absolute atomic E-state index is 0.289. The maximum atomic E-state index is 2.54. The van der Waals surface area contributed by atoms with Crippen LogP contribution in [0.5, 0.6) is 0 Å². The van der Waals surface area contributed by atoms with Crippen LogP contribution in [0.15, 0.2) is 224 Å². The van der Waals surface area contributed by atoms with Gasteiger partial charge in [0.25, 0.3) is 0 Å². The quantitative estimate of drug-likeness (QED) is 0.167. The molecule has 0 fully saturated rings. The molecule has 1 aliphatic carbocycles. The Morgan fingerprint density at radius 2 is 1.02 bits per heavy atom. The first-order chi connectivity index (χ1) is 32.0. The van der Waals surface area contributed by atoms with E-state index in [0.717, 1.165) is 6.42 Å². The number of benzene rings is 9. The van der Waals surface area contributed by atoms with E-state index >= 15 is 0 Å². The van der Waals surface area contributed by atoms with Gasteiger partial charge in [0.05, 0.1) is 27.8 Å². The van der Waals surface area contributed by atoms with E-state index in [1.165, 1.54) is 122 Å². The molecule has 2 nitrogen and oxygen atoms in total. The van der Waals surface area contributed by atoms with Crippen LogP contribution >= 0.6 is 0 Å². The fraction of sp³-hybridized carbons (Fsp3) is 0.0794. The molecule has 2 aliphatic rings. The van der Waals surface area contributed by atoms with Gasteiger partial charge < -0.3 is 9.13 Å². The van der Waals surface area contributed by atoms with Gasteiger partial charge >= 0.3 is 0 Å². The van der Waals surface area contributed by atoms with Crippen LogP contribution in [-0.4, -0.2) is 9.13 Å². The summed E-state index contributed by atoms with van der Waals surface area (Å²) in [6.45, 7) is 6.58. The zero-order valence-corrected chi connectivity index (χ0v) is 37.0. The van der Waals surface area contributed by atoms with Crippen molar-refractivity contribution in [1.29, 1.82) is 0 Å². The lowest BCUT2D eigenvalue weighted by Gasteiger charge is -2.24. The van der Waals surface area contributed by atoms with Gasteiger partial charge in [0, 0.05) is 44.3 Å². The number of hydrogen-bond acceptors (Lipinski definition) is 0. The summed E-state index contributed by atoms with van der Waals surface area (Å²) in [5, 5.41) is 5.08. The molecule has 1 aliphatic heterocycles. The van der Waals surface area contributed by atoms with E-state index in [-0.39, 0.29) is 5.92 Å². The third kappa shape index (κ3) is 6.48. The van der Waals surface area contributed by atoms with Crippen LogP contribution < -0.4 is 0 Å². The Bertz CT molecular complexity index is 3710. The molecular weight excluding hydrogens is 785 g/mol. The fourth-order valence-electron chi connectivity index (χ4n) is 10.7. The summed E-state index contributed by atoms with van der Waals surface area (Å²) in [4.78, 5) is 0. The highest BCUT2D eigenvalue weighted by Gasteiger charge is 2.27. The number of rotatable bonds is 4. The molecule has 0 spiro atoms. The van der Waals surface area contributed by atoms with Crippen molar-refractivity contribution in [2.75, 3.05) is 0 Å². The number of allylic oxidation sites excluding steroid dienone is 4. The van der Waals surface area contributed by atoms with Crippen molar-refractivity contribution in [3.05, 3.63) is 246 Å². The molecule has 3 heterocycles. The Morgan fingerprint density at radius 1 is 0.415 bits per heavy atom. The van der Waals surface area contributed by atoms with Crippen LogP contribution in [0.3, 0.4) is 0 Å². The molecule has 2 heteroatoms. The van der Waals surface area contributed by atoms with Gasteiger partial charge in [-0.25, -0.2) is 0 Å². The summed E-state index contributed by atoms with van der Waals surface area (Å²) in [7, 11) is 0. The minimum Gasteiger partial charge on any atom is -0.309 e. The molecule has 9 aromatic carbocycles. The fourth-order valence-corrected chi connectivity index (χ4v) is 10.7. The molecular formula is C63H48N2. The Kier molecular flexibility index (Phi) is 9.35. The van der Waals surface area contributed by atoms with Crippen LogP contribution in [0.2, 0.25) is 0 Å². The maximum Gasteiger partial charge on any atom is 0.0620 e. The maximum absolute atomic E-state index is 2.54. The van der Waals surface area contributed by atoms with E-state index < -0.39 is 0 Å². The third-order valence-electron chi connectivity index (χ3n) is 13.9. The molecule has 65 heavy (non-hydrogen) atoms. The van der Waals surface area contributed by atoms with E-state index in [1.54, 1.807) is 0 Å². The molecule has 13 rings (SSSR count). The molecule has 310 valence electrons. The summed E-state index contributed by atoms with van der Waals surface area (Å²) in [6, 6.07) is 75.8. The normalized spacial score (nSPS) is 14.0. The van der Waals surface area contributed by atoms with Gasteiger partial charge in [0.1, 0.15) is 0 Å². The van der Waals surface area contributed by atoms with Crippen LogP contribution in [0.4, 0.5) is 0 Å². The average Bonchev–Trinajstić information content (AvgIpc) is 3.83. The average molecular weight is 833 g/mol. The second kappa shape index (κ2) is 15.7. The zero-order chi connectivity index (χ0) is 43.6. The lowest BCUT2D eigenvalue weighted by Crippen LogP contribution is -2.05. The second-order valence-corrected chi connectivity index (χ2v) is 17.8. The Balaban J connectivity index is 0.000000583. The Morgan fingerprint density at radius 3 is 1.74 bits per heavy atom. The van der Waals surface area contributed by atoms with Gasteiger partial charge in [0.15, 0.2) is 0 Å². The SMILES string of the molecule is CC1=C(c2ccccc2C)CC(c2ccc3c(c2)-c2ccccc2-c2cc(-c4ccc5c(c4)c4ccccc4n5-c4ccccc4)cc4c5ccccc5n-3c24)C=C1.Cc1ccccc1. The van der Waals surface area contributed by atoms with Crippen molar-refractivity contribution >= 4 is 49.2 Å². The first-order valence-electron chi connectivity index (χ1n) is 22.9.